The summed E-state index contributed by atoms with van der Waals surface area (Å²) in [6, 6.07) is 5.46. The lowest BCUT2D eigenvalue weighted by Crippen LogP contribution is -2.30. The first-order valence-corrected chi connectivity index (χ1v) is 11.6. The predicted molar refractivity (Wildman–Crippen MR) is 116 cm³/mol. The van der Waals surface area contributed by atoms with Crippen LogP contribution in [0.1, 0.15) is 49.8 Å². The van der Waals surface area contributed by atoms with Crippen LogP contribution in [0.2, 0.25) is 0 Å². The SMILES string of the molecule is CCN(CC)S(=O)(=O)c1ccc(C(=O)Nc2sc(C(=O)OC)c(C)c2C(=O)OC)cc1. The van der Waals surface area contributed by atoms with Crippen molar-refractivity contribution >= 4 is 44.2 Å². The van der Waals surface area contributed by atoms with Crippen LogP contribution in [0.5, 0.6) is 0 Å². The minimum atomic E-state index is -3.65. The second-order valence-electron chi connectivity index (χ2n) is 6.31. The van der Waals surface area contributed by atoms with Crippen LogP contribution in [0.25, 0.3) is 0 Å². The second kappa shape index (κ2) is 10.0. The zero-order valence-electron chi connectivity index (χ0n) is 17.8. The van der Waals surface area contributed by atoms with E-state index in [1.165, 1.54) is 42.8 Å². The fourth-order valence-electron chi connectivity index (χ4n) is 2.90. The molecule has 1 N–H and O–H groups in total. The van der Waals surface area contributed by atoms with Crippen molar-refractivity contribution < 1.29 is 32.3 Å². The van der Waals surface area contributed by atoms with Crippen LogP contribution in [-0.2, 0) is 19.5 Å². The minimum absolute atomic E-state index is 0.0574. The molecule has 31 heavy (non-hydrogen) atoms. The Morgan fingerprint density at radius 1 is 1.00 bits per heavy atom. The van der Waals surface area contributed by atoms with Crippen LogP contribution in [0.3, 0.4) is 0 Å². The highest BCUT2D eigenvalue weighted by Crippen LogP contribution is 2.34. The van der Waals surface area contributed by atoms with E-state index < -0.39 is 27.9 Å². The minimum Gasteiger partial charge on any atom is -0.465 e. The Labute approximate surface area is 185 Å². The first kappa shape index (κ1) is 24.5. The van der Waals surface area contributed by atoms with Gasteiger partial charge in [-0.3, -0.25) is 4.79 Å². The van der Waals surface area contributed by atoms with Gasteiger partial charge in [-0.05, 0) is 36.8 Å². The van der Waals surface area contributed by atoms with Gasteiger partial charge in [0, 0.05) is 18.7 Å². The topological polar surface area (TPSA) is 119 Å². The van der Waals surface area contributed by atoms with E-state index in [1.54, 1.807) is 20.8 Å². The quantitative estimate of drug-likeness (QED) is 0.592. The average Bonchev–Trinajstić information content (AvgIpc) is 3.08. The number of esters is 2. The van der Waals surface area contributed by atoms with Gasteiger partial charge in [0.25, 0.3) is 5.91 Å². The molecule has 0 bridgehead atoms. The van der Waals surface area contributed by atoms with Gasteiger partial charge < -0.3 is 14.8 Å². The molecule has 1 heterocycles. The lowest BCUT2D eigenvalue weighted by Gasteiger charge is -2.18. The number of benzene rings is 1. The van der Waals surface area contributed by atoms with Crippen molar-refractivity contribution in [2.75, 3.05) is 32.6 Å². The molecule has 0 spiro atoms. The summed E-state index contributed by atoms with van der Waals surface area (Å²) in [7, 11) is -1.24. The molecular weight excluding hydrogens is 444 g/mol. The first-order valence-electron chi connectivity index (χ1n) is 9.33. The number of anilines is 1. The molecule has 0 aliphatic carbocycles. The number of thiophene rings is 1. The molecule has 0 saturated carbocycles. The van der Waals surface area contributed by atoms with Crippen molar-refractivity contribution in [3.8, 4) is 0 Å². The molecule has 1 aromatic heterocycles. The molecular formula is C20H24N2O7S2. The van der Waals surface area contributed by atoms with E-state index in [9.17, 15) is 22.8 Å². The molecule has 168 valence electrons. The number of hydrogen-bond acceptors (Lipinski definition) is 8. The van der Waals surface area contributed by atoms with E-state index in [1.807, 2.05) is 0 Å². The highest BCUT2D eigenvalue weighted by atomic mass is 32.2. The molecule has 9 nitrogen and oxygen atoms in total. The molecule has 11 heteroatoms. The predicted octanol–water partition coefficient (Wildman–Crippen LogP) is 2.91. The molecule has 1 aromatic carbocycles. The van der Waals surface area contributed by atoms with Gasteiger partial charge in [0.1, 0.15) is 9.88 Å². The molecule has 0 saturated heterocycles. The number of sulfonamides is 1. The van der Waals surface area contributed by atoms with Gasteiger partial charge >= 0.3 is 11.9 Å². The van der Waals surface area contributed by atoms with Crippen LogP contribution in [0.4, 0.5) is 5.00 Å². The summed E-state index contributed by atoms with van der Waals surface area (Å²) < 4.78 is 36.0. The lowest BCUT2D eigenvalue weighted by molar-refractivity contribution is 0.0601. The molecule has 0 atom stereocenters. The molecule has 0 radical (unpaired) electrons. The van der Waals surface area contributed by atoms with Gasteiger partial charge in [0.2, 0.25) is 10.0 Å². The van der Waals surface area contributed by atoms with E-state index >= 15 is 0 Å². The fraction of sp³-hybridized carbons (Fsp3) is 0.350. The number of carbonyl (C=O) groups excluding carboxylic acids is 3. The van der Waals surface area contributed by atoms with Crippen LogP contribution >= 0.6 is 11.3 Å². The maximum Gasteiger partial charge on any atom is 0.348 e. The van der Waals surface area contributed by atoms with Crippen LogP contribution < -0.4 is 5.32 Å². The number of carbonyl (C=O) groups is 3. The number of amides is 1. The monoisotopic (exact) mass is 468 g/mol. The standard InChI is InChI=1S/C20H24N2O7S2/c1-6-22(7-2)31(26,27)14-10-8-13(9-11-14)17(23)21-18-15(19(24)28-4)12(3)16(30-18)20(25)29-5/h8-11H,6-7H2,1-5H3,(H,21,23). The van der Waals surface area contributed by atoms with Crippen molar-refractivity contribution in [3.05, 3.63) is 45.8 Å². The molecule has 2 rings (SSSR count). The third-order valence-corrected chi connectivity index (χ3v) is 7.85. The van der Waals surface area contributed by atoms with Crippen LogP contribution in [-0.4, -0.2) is 57.9 Å². The van der Waals surface area contributed by atoms with E-state index in [-0.39, 0.29) is 25.9 Å². The number of ether oxygens (including phenoxy) is 2. The highest BCUT2D eigenvalue weighted by molar-refractivity contribution is 7.89. The zero-order chi connectivity index (χ0) is 23.3. The van der Waals surface area contributed by atoms with Crippen molar-refractivity contribution in [1.82, 2.24) is 4.31 Å². The molecule has 1 amide bonds. The van der Waals surface area contributed by atoms with Crippen molar-refractivity contribution in [1.29, 1.82) is 0 Å². The number of rotatable bonds is 8. The van der Waals surface area contributed by atoms with Gasteiger partial charge in [0.15, 0.2) is 0 Å². The van der Waals surface area contributed by atoms with E-state index in [2.05, 4.69) is 5.32 Å². The molecule has 0 unspecified atom stereocenters. The van der Waals surface area contributed by atoms with Crippen molar-refractivity contribution in [2.45, 2.75) is 25.7 Å². The zero-order valence-corrected chi connectivity index (χ0v) is 19.5. The summed E-state index contributed by atoms with van der Waals surface area (Å²) in [6.07, 6.45) is 0. The lowest BCUT2D eigenvalue weighted by atomic mass is 10.1. The van der Waals surface area contributed by atoms with E-state index in [0.717, 1.165) is 11.3 Å². The molecule has 2 aromatic rings. The third-order valence-electron chi connectivity index (χ3n) is 4.59. The Morgan fingerprint density at radius 3 is 2.03 bits per heavy atom. The largest absolute Gasteiger partial charge is 0.465 e. The second-order valence-corrected chi connectivity index (χ2v) is 9.27. The summed E-state index contributed by atoms with van der Waals surface area (Å²) in [6.45, 7) is 5.70. The number of nitrogens with one attached hydrogen (secondary N) is 1. The summed E-state index contributed by atoms with van der Waals surface area (Å²) in [5.41, 5.74) is 0.571. The van der Waals surface area contributed by atoms with Crippen molar-refractivity contribution in [2.24, 2.45) is 0 Å². The Bertz CT molecular complexity index is 1090. The van der Waals surface area contributed by atoms with Gasteiger partial charge in [-0.1, -0.05) is 13.8 Å². The smallest absolute Gasteiger partial charge is 0.348 e. The maximum atomic E-state index is 12.7. The Morgan fingerprint density at radius 2 is 1.55 bits per heavy atom. The first-order chi connectivity index (χ1) is 14.6. The highest BCUT2D eigenvalue weighted by Gasteiger charge is 2.27. The molecule has 0 fully saturated rings. The van der Waals surface area contributed by atoms with Gasteiger partial charge in [-0.15, -0.1) is 11.3 Å². The van der Waals surface area contributed by atoms with Crippen molar-refractivity contribution in [3.63, 3.8) is 0 Å². The van der Waals surface area contributed by atoms with Gasteiger partial charge in [-0.25, -0.2) is 18.0 Å². The van der Waals surface area contributed by atoms with Gasteiger partial charge in [0.05, 0.1) is 24.7 Å². The normalized spacial score (nSPS) is 11.3. The number of nitrogens with zero attached hydrogens (tertiary/aromatic N) is 1. The summed E-state index contributed by atoms with van der Waals surface area (Å²) in [4.78, 5) is 37.1. The summed E-state index contributed by atoms with van der Waals surface area (Å²) >= 11 is 0.893. The summed E-state index contributed by atoms with van der Waals surface area (Å²) in [5.74, 6) is -1.92. The van der Waals surface area contributed by atoms with Gasteiger partial charge in [-0.2, -0.15) is 4.31 Å². The Balaban J connectivity index is 2.36. The third kappa shape index (κ3) is 4.94. The molecule has 0 aliphatic rings. The van der Waals surface area contributed by atoms with Crippen LogP contribution in [0, 0.1) is 6.92 Å². The fourth-order valence-corrected chi connectivity index (χ4v) is 5.47. The Kier molecular flexibility index (Phi) is 7.93. The van der Waals surface area contributed by atoms with E-state index in [0.29, 0.717) is 18.7 Å². The van der Waals surface area contributed by atoms with E-state index in [4.69, 9.17) is 9.47 Å². The summed E-state index contributed by atoms with van der Waals surface area (Å²) in [5, 5.41) is 2.73. The Hall–Kier alpha value is -2.76. The van der Waals surface area contributed by atoms with Crippen LogP contribution in [0.15, 0.2) is 29.2 Å². The maximum absolute atomic E-state index is 12.7. The average molecular weight is 469 g/mol. The molecule has 0 aliphatic heterocycles. The number of methoxy groups -OCH3 is 2. The number of hydrogen-bond donors (Lipinski definition) is 1.